The minimum atomic E-state index is -0.418. The number of carbonyl (C=O) groups excluding carboxylic acids is 1. The van der Waals surface area contributed by atoms with Gasteiger partial charge in [-0.3, -0.25) is 0 Å². The van der Waals surface area contributed by atoms with E-state index in [-0.39, 0.29) is 6.09 Å². The molecular formula is C22H43NO2. The van der Waals surface area contributed by atoms with Gasteiger partial charge in [0.1, 0.15) is 5.60 Å². The second kappa shape index (κ2) is 11.1. The third-order valence-electron chi connectivity index (χ3n) is 5.46. The molecule has 0 spiro atoms. The van der Waals surface area contributed by atoms with Gasteiger partial charge in [-0.15, -0.1) is 0 Å². The van der Waals surface area contributed by atoms with Crippen LogP contribution in [0.4, 0.5) is 4.79 Å². The number of rotatable bonds is 9. The molecule has 0 aromatic carbocycles. The van der Waals surface area contributed by atoms with Crippen molar-refractivity contribution in [2.45, 2.75) is 130 Å². The zero-order valence-electron chi connectivity index (χ0n) is 17.8. The molecule has 0 aliphatic carbocycles. The Morgan fingerprint density at radius 3 is 2.28 bits per heavy atom. The molecule has 0 bridgehead atoms. The van der Waals surface area contributed by atoms with Crippen LogP contribution in [-0.4, -0.2) is 28.7 Å². The zero-order chi connectivity index (χ0) is 18.9. The molecule has 0 aromatic rings. The molecule has 3 heteroatoms. The molecule has 0 saturated carbocycles. The number of ether oxygens (including phenoxy) is 1. The first-order chi connectivity index (χ1) is 11.8. The number of piperidine rings is 1. The predicted molar refractivity (Wildman–Crippen MR) is 107 cm³/mol. The van der Waals surface area contributed by atoms with Gasteiger partial charge in [0.2, 0.25) is 0 Å². The fraction of sp³-hybridized carbons (Fsp3) is 0.955. The van der Waals surface area contributed by atoms with Crippen molar-refractivity contribution < 1.29 is 9.53 Å². The molecule has 0 aromatic heterocycles. The molecule has 0 N–H and O–H groups in total. The average molecular weight is 354 g/mol. The lowest BCUT2D eigenvalue weighted by molar-refractivity contribution is -0.0149. The normalized spacial score (nSPS) is 22.7. The first kappa shape index (κ1) is 22.3. The summed E-state index contributed by atoms with van der Waals surface area (Å²) in [4.78, 5) is 15.0. The van der Waals surface area contributed by atoms with Crippen LogP contribution >= 0.6 is 0 Å². The Kier molecular flexibility index (Phi) is 9.89. The molecule has 148 valence electrons. The van der Waals surface area contributed by atoms with Crippen LogP contribution in [0.2, 0.25) is 0 Å². The van der Waals surface area contributed by atoms with Gasteiger partial charge in [0.25, 0.3) is 0 Å². The van der Waals surface area contributed by atoms with Gasteiger partial charge >= 0.3 is 6.09 Å². The largest absolute Gasteiger partial charge is 0.444 e. The fourth-order valence-electron chi connectivity index (χ4n) is 4.15. The summed E-state index contributed by atoms with van der Waals surface area (Å²) in [6.07, 6.45) is 13.6. The number of nitrogens with zero attached hydrogens (tertiary/aromatic N) is 1. The summed E-state index contributed by atoms with van der Waals surface area (Å²) >= 11 is 0. The second-order valence-corrected chi connectivity index (χ2v) is 8.99. The number of likely N-dealkylation sites (tertiary alicyclic amines) is 1. The van der Waals surface area contributed by atoms with Gasteiger partial charge in [0, 0.05) is 12.1 Å². The van der Waals surface area contributed by atoms with Gasteiger partial charge in [0.15, 0.2) is 0 Å². The van der Waals surface area contributed by atoms with Crippen molar-refractivity contribution >= 4 is 6.09 Å². The van der Waals surface area contributed by atoms with Gasteiger partial charge in [-0.2, -0.15) is 0 Å². The SMILES string of the molecule is CCCCCCC(CCCC)C1CCCC(C)N1C(=O)OC(C)(C)C. The lowest BCUT2D eigenvalue weighted by Gasteiger charge is -2.44. The predicted octanol–water partition coefficient (Wildman–Crippen LogP) is 6.94. The quantitative estimate of drug-likeness (QED) is 0.420. The van der Waals surface area contributed by atoms with Crippen molar-refractivity contribution in [3.63, 3.8) is 0 Å². The van der Waals surface area contributed by atoms with Gasteiger partial charge < -0.3 is 9.64 Å². The van der Waals surface area contributed by atoms with E-state index < -0.39 is 5.60 Å². The summed E-state index contributed by atoms with van der Waals surface area (Å²) < 4.78 is 5.76. The van der Waals surface area contributed by atoms with Crippen molar-refractivity contribution in [1.29, 1.82) is 0 Å². The third kappa shape index (κ3) is 8.00. The number of hydrogen-bond donors (Lipinski definition) is 0. The van der Waals surface area contributed by atoms with Crippen molar-refractivity contribution in [2.75, 3.05) is 0 Å². The van der Waals surface area contributed by atoms with Gasteiger partial charge in [0.05, 0.1) is 0 Å². The summed E-state index contributed by atoms with van der Waals surface area (Å²) in [7, 11) is 0. The molecule has 1 saturated heterocycles. The number of carbonyl (C=O) groups is 1. The van der Waals surface area contributed by atoms with E-state index in [9.17, 15) is 4.79 Å². The Bertz CT molecular complexity index is 375. The van der Waals surface area contributed by atoms with E-state index in [1.165, 1.54) is 57.8 Å². The van der Waals surface area contributed by atoms with E-state index in [0.717, 1.165) is 12.8 Å². The average Bonchev–Trinajstić information content (AvgIpc) is 2.52. The Labute approximate surface area is 156 Å². The first-order valence-corrected chi connectivity index (χ1v) is 10.8. The van der Waals surface area contributed by atoms with Crippen molar-refractivity contribution in [3.8, 4) is 0 Å². The number of amides is 1. The summed E-state index contributed by atoms with van der Waals surface area (Å²) in [6, 6.07) is 0.667. The first-order valence-electron chi connectivity index (χ1n) is 10.8. The van der Waals surface area contributed by atoms with Crippen molar-refractivity contribution in [1.82, 2.24) is 4.90 Å². The van der Waals surface area contributed by atoms with Crippen LogP contribution in [0.25, 0.3) is 0 Å². The summed E-state index contributed by atoms with van der Waals surface area (Å²) in [5.41, 5.74) is -0.418. The maximum absolute atomic E-state index is 12.9. The molecule has 1 rings (SSSR count). The number of unbranched alkanes of at least 4 members (excludes halogenated alkanes) is 4. The minimum absolute atomic E-state index is 0.0974. The van der Waals surface area contributed by atoms with E-state index in [1.54, 1.807) is 0 Å². The highest BCUT2D eigenvalue weighted by atomic mass is 16.6. The second-order valence-electron chi connectivity index (χ2n) is 8.99. The van der Waals surface area contributed by atoms with Crippen LogP contribution in [0, 0.1) is 5.92 Å². The zero-order valence-corrected chi connectivity index (χ0v) is 17.8. The van der Waals surface area contributed by atoms with Gasteiger partial charge in [-0.05, 0) is 65.7 Å². The molecule has 3 nitrogen and oxygen atoms in total. The topological polar surface area (TPSA) is 29.5 Å². The standard InChI is InChI=1S/C22H43NO2/c1-7-9-11-12-16-19(15-10-8-2)20-17-13-14-18(3)23(20)21(24)25-22(4,5)6/h18-20H,7-17H2,1-6H3. The lowest BCUT2D eigenvalue weighted by atomic mass is 9.82. The van der Waals surface area contributed by atoms with Crippen LogP contribution in [0.3, 0.4) is 0 Å². The molecule has 1 fully saturated rings. The highest BCUT2D eigenvalue weighted by Gasteiger charge is 2.38. The Morgan fingerprint density at radius 2 is 1.68 bits per heavy atom. The van der Waals surface area contributed by atoms with Crippen LogP contribution in [0.5, 0.6) is 0 Å². The molecular weight excluding hydrogens is 310 g/mol. The summed E-state index contributed by atoms with van der Waals surface area (Å²) in [5.74, 6) is 0.632. The maximum Gasteiger partial charge on any atom is 0.410 e. The molecule has 1 aliphatic heterocycles. The Balaban J connectivity index is 2.83. The van der Waals surface area contributed by atoms with Crippen LogP contribution in [-0.2, 0) is 4.74 Å². The van der Waals surface area contributed by atoms with Crippen LogP contribution in [0.1, 0.15) is 112 Å². The molecule has 25 heavy (non-hydrogen) atoms. The van der Waals surface area contributed by atoms with E-state index in [0.29, 0.717) is 18.0 Å². The molecule has 1 heterocycles. The highest BCUT2D eigenvalue weighted by Crippen LogP contribution is 2.34. The van der Waals surface area contributed by atoms with Crippen molar-refractivity contribution in [3.05, 3.63) is 0 Å². The Morgan fingerprint density at radius 1 is 1.04 bits per heavy atom. The maximum atomic E-state index is 12.9. The molecule has 3 atom stereocenters. The fourth-order valence-corrected chi connectivity index (χ4v) is 4.15. The monoisotopic (exact) mass is 353 g/mol. The lowest BCUT2D eigenvalue weighted by Crippen LogP contribution is -2.53. The van der Waals surface area contributed by atoms with E-state index in [1.807, 2.05) is 20.8 Å². The molecule has 3 unspecified atom stereocenters. The minimum Gasteiger partial charge on any atom is -0.444 e. The van der Waals surface area contributed by atoms with E-state index in [4.69, 9.17) is 4.74 Å². The summed E-state index contributed by atoms with van der Waals surface area (Å²) in [5, 5.41) is 0. The van der Waals surface area contributed by atoms with Crippen LogP contribution in [0.15, 0.2) is 0 Å². The smallest absolute Gasteiger partial charge is 0.410 e. The van der Waals surface area contributed by atoms with Crippen LogP contribution < -0.4 is 0 Å². The number of hydrogen-bond acceptors (Lipinski definition) is 2. The van der Waals surface area contributed by atoms with E-state index in [2.05, 4.69) is 25.7 Å². The van der Waals surface area contributed by atoms with Gasteiger partial charge in [-0.25, -0.2) is 4.79 Å². The van der Waals surface area contributed by atoms with Crippen molar-refractivity contribution in [2.24, 2.45) is 5.92 Å². The molecule has 0 radical (unpaired) electrons. The molecule has 1 aliphatic rings. The summed E-state index contributed by atoms with van der Waals surface area (Å²) in [6.45, 7) is 12.6. The Hall–Kier alpha value is -0.730. The van der Waals surface area contributed by atoms with Gasteiger partial charge in [-0.1, -0.05) is 52.4 Å². The highest BCUT2D eigenvalue weighted by molar-refractivity contribution is 5.69. The molecule has 1 amide bonds. The third-order valence-corrected chi connectivity index (χ3v) is 5.46. The van der Waals surface area contributed by atoms with E-state index >= 15 is 0 Å².